The summed E-state index contributed by atoms with van der Waals surface area (Å²) in [7, 11) is -3.15. The van der Waals surface area contributed by atoms with E-state index < -0.39 is 9.84 Å². The van der Waals surface area contributed by atoms with Crippen molar-refractivity contribution in [2.75, 3.05) is 7.18 Å². The number of hydrogen-bond donors (Lipinski definition) is 0. The molecule has 0 radical (unpaired) electrons. The lowest BCUT2D eigenvalue weighted by molar-refractivity contribution is 0.595. The predicted molar refractivity (Wildman–Crippen MR) is 91.7 cm³/mol. The molecule has 0 unspecified atom stereocenters. The van der Waals surface area contributed by atoms with E-state index in [1.807, 2.05) is 48.5 Å². The van der Waals surface area contributed by atoms with E-state index in [1.165, 1.54) is 22.7 Å². The summed E-state index contributed by atoms with van der Waals surface area (Å²) < 4.78 is 36.8. The summed E-state index contributed by atoms with van der Waals surface area (Å²) >= 11 is 2.35. The van der Waals surface area contributed by atoms with Gasteiger partial charge in [-0.2, -0.15) is 0 Å². The number of nitrogens with zero attached hydrogens (tertiary/aromatic N) is 2. The van der Waals surface area contributed by atoms with Crippen LogP contribution in [0.2, 0.25) is 0 Å². The minimum Gasteiger partial charge on any atom is -0.255 e. The highest BCUT2D eigenvalue weighted by Crippen LogP contribution is 2.33. The van der Waals surface area contributed by atoms with Crippen LogP contribution in [0, 0.1) is 0 Å². The first-order valence-corrected chi connectivity index (χ1v) is 9.60. The third kappa shape index (κ3) is 2.85. The quantitative estimate of drug-likeness (QED) is 0.530. The number of hydrogen-bond acceptors (Lipinski definition) is 6. The lowest BCUT2D eigenvalue weighted by Crippen LogP contribution is -2.00. The number of thiazole rings is 2. The summed E-state index contributed by atoms with van der Waals surface area (Å²) in [6, 6.07) is 14.8. The molecule has 0 saturated heterocycles. The second kappa shape index (κ2) is 6.31. The highest BCUT2D eigenvalue weighted by molar-refractivity contribution is 7.95. The van der Waals surface area contributed by atoms with E-state index in [-0.39, 0.29) is 8.68 Å². The molecule has 0 spiro atoms. The maximum Gasteiger partial charge on any atom is 0.260 e. The second-order valence-corrected chi connectivity index (χ2v) is 8.76. The van der Waals surface area contributed by atoms with Crippen LogP contribution in [0.5, 0.6) is 0 Å². The van der Waals surface area contributed by atoms with Gasteiger partial charge in [0.2, 0.25) is 8.68 Å². The van der Waals surface area contributed by atoms with Crippen molar-refractivity contribution in [2.45, 2.75) is 8.68 Å². The van der Waals surface area contributed by atoms with E-state index in [9.17, 15) is 12.8 Å². The van der Waals surface area contributed by atoms with Gasteiger partial charge in [0.15, 0.2) is 0 Å². The smallest absolute Gasteiger partial charge is 0.255 e. The summed E-state index contributed by atoms with van der Waals surface area (Å²) in [6.45, 7) is 0. The molecule has 0 fully saturated rings. The van der Waals surface area contributed by atoms with Crippen molar-refractivity contribution in [1.29, 1.82) is 0 Å². The van der Waals surface area contributed by atoms with Crippen LogP contribution >= 0.6 is 22.7 Å². The van der Waals surface area contributed by atoms with Crippen molar-refractivity contribution in [3.63, 3.8) is 0 Å². The summed E-state index contributed by atoms with van der Waals surface area (Å²) in [5.41, 5.74) is 1.39. The molecule has 0 aliphatic carbocycles. The first kappa shape index (κ1) is 16.0. The van der Waals surface area contributed by atoms with Gasteiger partial charge in [-0.25, -0.2) is 18.4 Å². The number of aromatic nitrogens is 2. The van der Waals surface area contributed by atoms with Crippen molar-refractivity contribution in [3.05, 3.63) is 48.5 Å². The van der Waals surface area contributed by atoms with Gasteiger partial charge < -0.3 is 0 Å². The molecule has 8 heteroatoms. The Bertz CT molecular complexity index is 924. The molecule has 0 N–H and O–H groups in total. The number of para-hydroxylation sites is 2. The monoisotopic (exact) mass is 366 g/mol. The fraction of sp³-hybridized carbons (Fsp3) is 0.0667. The van der Waals surface area contributed by atoms with Crippen LogP contribution in [0.15, 0.2) is 57.2 Å². The number of alkyl halides is 1. The van der Waals surface area contributed by atoms with Gasteiger partial charge in [-0.15, -0.1) is 22.7 Å². The zero-order chi connectivity index (χ0) is 16.4. The molecule has 0 aliphatic heterocycles. The molecule has 0 bridgehead atoms. The Balaban J connectivity index is 0.000000753. The van der Waals surface area contributed by atoms with E-state index in [4.69, 9.17) is 0 Å². The van der Waals surface area contributed by atoms with Crippen LogP contribution in [0.1, 0.15) is 0 Å². The van der Waals surface area contributed by atoms with Crippen molar-refractivity contribution < 1.29 is 12.8 Å². The fourth-order valence-corrected chi connectivity index (χ4v) is 6.04. The topological polar surface area (TPSA) is 59.9 Å². The average Bonchev–Trinajstić information content (AvgIpc) is 3.21. The number of fused-ring (bicyclic) bond motifs is 2. The number of rotatable bonds is 2. The minimum absolute atomic E-state index is 0.0998. The van der Waals surface area contributed by atoms with Crippen molar-refractivity contribution in [2.24, 2.45) is 0 Å². The Hall–Kier alpha value is -1.90. The summed E-state index contributed by atoms with van der Waals surface area (Å²) in [4.78, 5) is 8.46. The summed E-state index contributed by atoms with van der Waals surface area (Å²) in [5, 5.41) is 0. The Morgan fingerprint density at radius 1 is 0.783 bits per heavy atom. The molecule has 0 atom stereocenters. The van der Waals surface area contributed by atoms with Gasteiger partial charge >= 0.3 is 0 Å². The van der Waals surface area contributed by atoms with Crippen molar-refractivity contribution >= 4 is 52.9 Å². The van der Waals surface area contributed by atoms with Gasteiger partial charge in [0.05, 0.1) is 27.6 Å². The van der Waals surface area contributed by atoms with E-state index >= 15 is 0 Å². The molecule has 0 saturated carbocycles. The number of sulfone groups is 1. The zero-order valence-corrected chi connectivity index (χ0v) is 14.4. The summed E-state index contributed by atoms with van der Waals surface area (Å²) in [6.07, 6.45) is 0. The molecule has 118 valence electrons. The van der Waals surface area contributed by atoms with Crippen LogP contribution in [0.3, 0.4) is 0 Å². The minimum atomic E-state index is -3.65. The van der Waals surface area contributed by atoms with Crippen LogP contribution in [0.4, 0.5) is 4.39 Å². The molecule has 0 amide bonds. The van der Waals surface area contributed by atoms with Crippen molar-refractivity contribution in [1.82, 2.24) is 9.97 Å². The standard InChI is InChI=1S/C14H8N2O2S3.CH3F/c17-21(18,13-15-9-5-1-3-7-11(9)19-13)14-16-10-6-2-4-8-12(10)20-14;1-2/h1-8H;1H3. The van der Waals surface area contributed by atoms with Gasteiger partial charge in [0, 0.05) is 0 Å². The van der Waals surface area contributed by atoms with Gasteiger partial charge in [-0.1, -0.05) is 24.3 Å². The second-order valence-electron chi connectivity index (χ2n) is 4.40. The number of halogens is 1. The normalized spacial score (nSPS) is 11.4. The maximum atomic E-state index is 12.7. The van der Waals surface area contributed by atoms with E-state index in [2.05, 4.69) is 9.97 Å². The van der Waals surface area contributed by atoms with E-state index in [0.29, 0.717) is 18.2 Å². The molecule has 2 aromatic carbocycles. The highest BCUT2D eigenvalue weighted by Gasteiger charge is 2.26. The van der Waals surface area contributed by atoms with Crippen LogP contribution in [0.25, 0.3) is 20.4 Å². The highest BCUT2D eigenvalue weighted by atomic mass is 32.3. The van der Waals surface area contributed by atoms with Gasteiger partial charge in [0.25, 0.3) is 9.84 Å². The van der Waals surface area contributed by atoms with Crippen molar-refractivity contribution in [3.8, 4) is 0 Å². The summed E-state index contributed by atoms with van der Waals surface area (Å²) in [5.74, 6) is 0. The lowest BCUT2D eigenvalue weighted by atomic mass is 10.3. The Labute approximate surface area is 140 Å². The largest absolute Gasteiger partial charge is 0.260 e. The van der Waals surface area contributed by atoms with E-state index in [0.717, 1.165) is 9.40 Å². The molecule has 23 heavy (non-hydrogen) atoms. The van der Waals surface area contributed by atoms with Crippen LogP contribution in [-0.2, 0) is 9.84 Å². The third-order valence-corrected chi connectivity index (χ3v) is 7.59. The molecule has 2 aromatic heterocycles. The van der Waals surface area contributed by atoms with Gasteiger partial charge in [0.1, 0.15) is 0 Å². The maximum absolute atomic E-state index is 12.7. The zero-order valence-electron chi connectivity index (χ0n) is 11.9. The Kier molecular flexibility index (Phi) is 4.38. The van der Waals surface area contributed by atoms with E-state index in [1.54, 1.807) is 0 Å². The first-order valence-electron chi connectivity index (χ1n) is 6.49. The predicted octanol–water partition coefficient (Wildman–Crippen LogP) is 4.32. The lowest BCUT2D eigenvalue weighted by Gasteiger charge is -1.93. The molecular formula is C15H11FN2O2S3. The third-order valence-electron chi connectivity index (χ3n) is 3.01. The SMILES string of the molecule is CF.O=S(=O)(c1nc2ccccc2s1)c1nc2ccccc2s1. The fourth-order valence-electron chi connectivity index (χ4n) is 2.01. The Morgan fingerprint density at radius 2 is 1.17 bits per heavy atom. The Morgan fingerprint density at radius 3 is 1.57 bits per heavy atom. The molecule has 4 rings (SSSR count). The van der Waals surface area contributed by atoms with Crippen LogP contribution < -0.4 is 0 Å². The molecule has 0 aliphatic rings. The molecule has 4 aromatic rings. The van der Waals surface area contributed by atoms with Gasteiger partial charge in [-0.3, -0.25) is 4.39 Å². The number of benzene rings is 2. The molecular weight excluding hydrogens is 355 g/mol. The van der Waals surface area contributed by atoms with Crippen LogP contribution in [-0.4, -0.2) is 25.6 Å². The molecule has 2 heterocycles. The van der Waals surface area contributed by atoms with Gasteiger partial charge in [-0.05, 0) is 24.3 Å². The molecule has 4 nitrogen and oxygen atoms in total. The first-order chi connectivity index (χ1) is 11.1. The average molecular weight is 366 g/mol.